The van der Waals surface area contributed by atoms with Crippen LogP contribution in [0.5, 0.6) is 0 Å². The lowest BCUT2D eigenvalue weighted by Gasteiger charge is -2.33. The Morgan fingerprint density at radius 1 is 0.921 bits per heavy atom. The van der Waals surface area contributed by atoms with Crippen LogP contribution in [-0.2, 0) is 26.2 Å². The highest BCUT2D eigenvalue weighted by molar-refractivity contribution is 7.92. The summed E-state index contributed by atoms with van der Waals surface area (Å²) in [6.07, 6.45) is 0.300. The molecule has 11 heteroatoms. The maximum absolute atomic E-state index is 13.9. The lowest BCUT2D eigenvalue weighted by Crippen LogP contribution is -2.51. The summed E-state index contributed by atoms with van der Waals surface area (Å²) in [6.45, 7) is 3.01. The first kappa shape index (κ1) is 29.8. The molecular formula is C27H28Cl3N3O4S. The molecule has 0 heterocycles. The molecule has 0 spiro atoms. The van der Waals surface area contributed by atoms with Gasteiger partial charge in [0.25, 0.3) is 10.0 Å². The van der Waals surface area contributed by atoms with E-state index in [9.17, 15) is 18.0 Å². The Morgan fingerprint density at radius 2 is 1.61 bits per heavy atom. The number of carbonyl (C=O) groups excluding carboxylic acids is 2. The van der Waals surface area contributed by atoms with Gasteiger partial charge in [-0.05, 0) is 60.9 Å². The fourth-order valence-corrected chi connectivity index (χ4v) is 5.83. The Morgan fingerprint density at radius 3 is 2.18 bits per heavy atom. The number of nitrogens with zero attached hydrogens (tertiary/aromatic N) is 2. The highest BCUT2D eigenvalue weighted by Crippen LogP contribution is 2.29. The van der Waals surface area contributed by atoms with Crippen molar-refractivity contribution in [3.8, 4) is 0 Å². The van der Waals surface area contributed by atoms with E-state index in [0.717, 1.165) is 9.87 Å². The standard InChI is InChI=1S/C27H28Cl3N3O4S/c1-4-25(27(35)31-3)32(16-19-11-13-22(28)24(30)14-19)26(34)17-33(20-12-10-18(2)23(29)15-20)38(36,37)21-8-6-5-7-9-21/h5-15,25H,4,16-17H2,1-3H3,(H,31,35)/t25-/m0/s1. The van der Waals surface area contributed by atoms with Gasteiger partial charge in [-0.25, -0.2) is 8.42 Å². The van der Waals surface area contributed by atoms with Crippen molar-refractivity contribution >= 4 is 62.3 Å². The number of anilines is 1. The van der Waals surface area contributed by atoms with Crippen LogP contribution in [0.4, 0.5) is 5.69 Å². The second-order valence-corrected chi connectivity index (χ2v) is 11.7. The minimum Gasteiger partial charge on any atom is -0.357 e. The highest BCUT2D eigenvalue weighted by Gasteiger charge is 2.33. The maximum atomic E-state index is 13.9. The van der Waals surface area contributed by atoms with Gasteiger partial charge in [-0.3, -0.25) is 13.9 Å². The van der Waals surface area contributed by atoms with Crippen molar-refractivity contribution in [2.45, 2.75) is 37.8 Å². The average Bonchev–Trinajstić information content (AvgIpc) is 2.90. The third kappa shape index (κ3) is 6.80. The van der Waals surface area contributed by atoms with E-state index in [2.05, 4.69) is 5.32 Å². The molecule has 38 heavy (non-hydrogen) atoms. The molecule has 2 amide bonds. The molecule has 3 rings (SSSR count). The number of nitrogens with one attached hydrogen (secondary N) is 1. The van der Waals surface area contributed by atoms with Gasteiger partial charge in [0.15, 0.2) is 0 Å². The summed E-state index contributed by atoms with van der Waals surface area (Å²) in [7, 11) is -2.69. The predicted octanol–water partition coefficient (Wildman–Crippen LogP) is 5.70. The Bertz CT molecular complexity index is 1420. The number of benzene rings is 3. The van der Waals surface area contributed by atoms with Gasteiger partial charge in [0.05, 0.1) is 20.6 Å². The van der Waals surface area contributed by atoms with Crippen molar-refractivity contribution < 1.29 is 18.0 Å². The van der Waals surface area contributed by atoms with Crippen LogP contribution in [0.15, 0.2) is 71.6 Å². The molecule has 202 valence electrons. The molecule has 0 radical (unpaired) electrons. The molecule has 1 atom stereocenters. The van der Waals surface area contributed by atoms with Crippen molar-refractivity contribution in [2.75, 3.05) is 17.9 Å². The monoisotopic (exact) mass is 595 g/mol. The highest BCUT2D eigenvalue weighted by atomic mass is 35.5. The molecule has 0 saturated heterocycles. The van der Waals surface area contributed by atoms with Crippen LogP contribution in [-0.4, -0.2) is 44.8 Å². The van der Waals surface area contributed by atoms with E-state index < -0.39 is 28.5 Å². The third-order valence-corrected chi connectivity index (χ3v) is 8.96. The minimum absolute atomic E-state index is 0.00945. The second kappa shape index (κ2) is 12.8. The summed E-state index contributed by atoms with van der Waals surface area (Å²) >= 11 is 18.6. The first-order valence-electron chi connectivity index (χ1n) is 11.8. The first-order valence-corrected chi connectivity index (χ1v) is 14.4. The van der Waals surface area contributed by atoms with E-state index in [0.29, 0.717) is 27.1 Å². The summed E-state index contributed by atoms with van der Waals surface area (Å²) < 4.78 is 28.5. The number of sulfonamides is 1. The molecule has 3 aromatic carbocycles. The summed E-state index contributed by atoms with van der Waals surface area (Å²) in [5, 5.41) is 3.59. The van der Waals surface area contributed by atoms with E-state index in [1.807, 2.05) is 0 Å². The van der Waals surface area contributed by atoms with Crippen LogP contribution in [0, 0.1) is 6.92 Å². The average molecular weight is 597 g/mol. The van der Waals surface area contributed by atoms with Crippen LogP contribution >= 0.6 is 34.8 Å². The number of hydrogen-bond acceptors (Lipinski definition) is 4. The zero-order chi connectivity index (χ0) is 28.0. The van der Waals surface area contributed by atoms with E-state index in [1.54, 1.807) is 62.4 Å². The predicted molar refractivity (Wildman–Crippen MR) is 152 cm³/mol. The van der Waals surface area contributed by atoms with Gasteiger partial charge in [-0.1, -0.05) is 72.1 Å². The Balaban J connectivity index is 2.08. The quantitative estimate of drug-likeness (QED) is 0.325. The molecule has 0 aliphatic heterocycles. The lowest BCUT2D eigenvalue weighted by atomic mass is 10.1. The second-order valence-electron chi connectivity index (χ2n) is 8.57. The van der Waals surface area contributed by atoms with Crippen molar-refractivity contribution in [1.82, 2.24) is 10.2 Å². The van der Waals surface area contributed by atoms with Gasteiger partial charge >= 0.3 is 0 Å². The van der Waals surface area contributed by atoms with Gasteiger partial charge in [-0.15, -0.1) is 0 Å². The van der Waals surface area contributed by atoms with Crippen LogP contribution in [0.1, 0.15) is 24.5 Å². The zero-order valence-corrected chi connectivity index (χ0v) is 24.2. The van der Waals surface area contributed by atoms with Gasteiger partial charge in [0, 0.05) is 18.6 Å². The summed E-state index contributed by atoms with van der Waals surface area (Å²) in [4.78, 5) is 28.0. The first-order chi connectivity index (χ1) is 18.0. The van der Waals surface area contributed by atoms with Gasteiger partial charge in [0.1, 0.15) is 12.6 Å². The van der Waals surface area contributed by atoms with Crippen molar-refractivity contribution in [3.63, 3.8) is 0 Å². The van der Waals surface area contributed by atoms with E-state index >= 15 is 0 Å². The molecule has 0 aromatic heterocycles. The number of carbonyl (C=O) groups is 2. The zero-order valence-electron chi connectivity index (χ0n) is 21.1. The Kier molecular flexibility index (Phi) is 10.1. The number of hydrogen-bond donors (Lipinski definition) is 1. The molecule has 0 aliphatic carbocycles. The fraction of sp³-hybridized carbons (Fsp3) is 0.259. The van der Waals surface area contributed by atoms with Crippen LogP contribution in [0.3, 0.4) is 0 Å². The number of likely N-dealkylation sites (N-methyl/N-ethyl adjacent to an activating group) is 1. The van der Waals surface area contributed by atoms with Crippen molar-refractivity contribution in [1.29, 1.82) is 0 Å². The van der Waals surface area contributed by atoms with Gasteiger partial charge in [0.2, 0.25) is 11.8 Å². The summed E-state index contributed by atoms with van der Waals surface area (Å²) in [5.41, 5.74) is 1.61. The van der Waals surface area contributed by atoms with Gasteiger partial charge < -0.3 is 10.2 Å². The maximum Gasteiger partial charge on any atom is 0.264 e. The summed E-state index contributed by atoms with van der Waals surface area (Å²) in [6, 6.07) is 16.6. The minimum atomic E-state index is -4.17. The topological polar surface area (TPSA) is 86.8 Å². The molecule has 0 saturated carbocycles. The smallest absolute Gasteiger partial charge is 0.264 e. The molecule has 0 bridgehead atoms. The van der Waals surface area contributed by atoms with Crippen LogP contribution in [0.2, 0.25) is 15.1 Å². The molecule has 7 nitrogen and oxygen atoms in total. The number of amides is 2. The van der Waals surface area contributed by atoms with E-state index in [4.69, 9.17) is 34.8 Å². The Hall–Kier alpha value is -2.78. The lowest BCUT2D eigenvalue weighted by molar-refractivity contribution is -0.140. The van der Waals surface area contributed by atoms with Gasteiger partial charge in [-0.2, -0.15) is 0 Å². The Labute approximate surface area is 238 Å². The fourth-order valence-electron chi connectivity index (χ4n) is 3.91. The normalized spacial score (nSPS) is 12.1. The van der Waals surface area contributed by atoms with Crippen LogP contribution in [0.25, 0.3) is 0 Å². The van der Waals surface area contributed by atoms with E-state index in [-0.39, 0.29) is 23.0 Å². The molecule has 0 fully saturated rings. The SMILES string of the molecule is CC[C@@H](C(=O)NC)N(Cc1ccc(Cl)c(Cl)c1)C(=O)CN(c1ccc(C)c(Cl)c1)S(=O)(=O)c1ccccc1. The van der Waals surface area contributed by atoms with Crippen molar-refractivity contribution in [3.05, 3.63) is 92.9 Å². The summed E-state index contributed by atoms with van der Waals surface area (Å²) in [5.74, 6) is -0.959. The van der Waals surface area contributed by atoms with Crippen LogP contribution < -0.4 is 9.62 Å². The number of halogens is 3. The largest absolute Gasteiger partial charge is 0.357 e. The van der Waals surface area contributed by atoms with E-state index in [1.165, 1.54) is 30.1 Å². The number of rotatable bonds is 10. The molecule has 0 aliphatic rings. The number of aryl methyl sites for hydroxylation is 1. The third-order valence-electron chi connectivity index (χ3n) is 6.02. The molecular weight excluding hydrogens is 569 g/mol. The molecule has 3 aromatic rings. The van der Waals surface area contributed by atoms with Crippen molar-refractivity contribution in [2.24, 2.45) is 0 Å². The molecule has 1 N–H and O–H groups in total. The molecule has 0 unspecified atom stereocenters.